The molecule has 6 nitrogen and oxygen atoms in total. The number of benzene rings is 1. The van der Waals surface area contributed by atoms with Crippen LogP contribution in [0.2, 0.25) is 0 Å². The molecule has 124 valence electrons. The molecule has 4 rings (SSSR count). The summed E-state index contributed by atoms with van der Waals surface area (Å²) in [6.07, 6.45) is 3.70. The minimum atomic E-state index is 0.0530. The van der Waals surface area contributed by atoms with E-state index in [1.54, 1.807) is 13.3 Å². The predicted molar refractivity (Wildman–Crippen MR) is 90.9 cm³/mol. The van der Waals surface area contributed by atoms with Gasteiger partial charge in [-0.1, -0.05) is 12.1 Å². The molecule has 2 aromatic rings. The van der Waals surface area contributed by atoms with E-state index in [4.69, 9.17) is 9.72 Å². The molecular formula is C18H20N4O2. The molecule has 0 unspecified atom stereocenters. The number of methoxy groups -OCH3 is 1. The maximum Gasteiger partial charge on any atom is 0.226 e. The Balaban J connectivity index is 1.69. The first kappa shape index (κ1) is 14.9. The molecule has 0 saturated carbocycles. The summed E-state index contributed by atoms with van der Waals surface area (Å²) in [6.45, 7) is 1.55. The van der Waals surface area contributed by atoms with E-state index >= 15 is 0 Å². The van der Waals surface area contributed by atoms with Crippen molar-refractivity contribution in [2.75, 3.05) is 25.1 Å². The Morgan fingerprint density at radius 1 is 1.29 bits per heavy atom. The van der Waals surface area contributed by atoms with Crippen molar-refractivity contribution in [3.63, 3.8) is 0 Å². The molecule has 0 spiro atoms. The number of hydrogen-bond donors (Lipinski definition) is 1. The number of nitrogens with zero attached hydrogens (tertiary/aromatic N) is 3. The molecule has 2 aliphatic rings. The van der Waals surface area contributed by atoms with Gasteiger partial charge in [-0.25, -0.2) is 9.97 Å². The van der Waals surface area contributed by atoms with Crippen LogP contribution in [0.15, 0.2) is 36.5 Å². The minimum absolute atomic E-state index is 0.0530. The Bertz CT molecular complexity index is 764. The maximum atomic E-state index is 12.0. The van der Waals surface area contributed by atoms with E-state index in [1.165, 1.54) is 0 Å². The Labute approximate surface area is 140 Å². The van der Waals surface area contributed by atoms with Crippen molar-refractivity contribution >= 4 is 11.9 Å². The van der Waals surface area contributed by atoms with Crippen LogP contribution < -0.4 is 15.0 Å². The summed E-state index contributed by atoms with van der Waals surface area (Å²) in [5, 5.41) is 2.97. The molecule has 6 heteroatoms. The van der Waals surface area contributed by atoms with Crippen LogP contribution in [0, 0.1) is 5.92 Å². The molecule has 2 aliphatic heterocycles. The van der Waals surface area contributed by atoms with Crippen LogP contribution in [0.3, 0.4) is 0 Å². The Morgan fingerprint density at radius 2 is 2.17 bits per heavy atom. The second-order valence-electron chi connectivity index (χ2n) is 6.20. The number of piperidine rings is 1. The number of nitrogens with one attached hydrogen (secondary N) is 1. The quantitative estimate of drug-likeness (QED) is 0.933. The van der Waals surface area contributed by atoms with Crippen LogP contribution in [0.1, 0.15) is 12.8 Å². The molecule has 24 heavy (non-hydrogen) atoms. The fourth-order valence-corrected chi connectivity index (χ4v) is 3.69. The highest BCUT2D eigenvalue weighted by Gasteiger charge is 2.41. The van der Waals surface area contributed by atoms with Crippen molar-refractivity contribution in [1.82, 2.24) is 15.3 Å². The highest BCUT2D eigenvalue weighted by molar-refractivity contribution is 5.83. The van der Waals surface area contributed by atoms with E-state index in [2.05, 4.69) is 15.2 Å². The largest absolute Gasteiger partial charge is 0.496 e. The molecule has 1 amide bonds. The maximum absolute atomic E-state index is 12.0. The normalized spacial score (nSPS) is 22.9. The number of carbonyl (C=O) groups is 1. The summed E-state index contributed by atoms with van der Waals surface area (Å²) in [6, 6.07) is 9.86. The summed E-state index contributed by atoms with van der Waals surface area (Å²) in [7, 11) is 1.66. The number of para-hydroxylation sites is 1. The molecule has 2 atom stereocenters. The van der Waals surface area contributed by atoms with Crippen LogP contribution in [0.5, 0.6) is 5.75 Å². The zero-order valence-electron chi connectivity index (χ0n) is 13.6. The molecule has 0 bridgehead atoms. The van der Waals surface area contributed by atoms with Gasteiger partial charge >= 0.3 is 0 Å². The summed E-state index contributed by atoms with van der Waals surface area (Å²) >= 11 is 0. The molecule has 3 heterocycles. The second-order valence-corrected chi connectivity index (χ2v) is 6.20. The molecule has 0 radical (unpaired) electrons. The third-order valence-electron chi connectivity index (χ3n) is 4.88. The average molecular weight is 324 g/mol. The monoisotopic (exact) mass is 324 g/mol. The number of carbonyl (C=O) groups excluding carboxylic acids is 1. The van der Waals surface area contributed by atoms with E-state index in [1.807, 2.05) is 30.3 Å². The van der Waals surface area contributed by atoms with E-state index in [0.29, 0.717) is 12.5 Å². The van der Waals surface area contributed by atoms with Crippen molar-refractivity contribution in [2.24, 2.45) is 5.92 Å². The first-order chi connectivity index (χ1) is 11.8. The van der Waals surface area contributed by atoms with Gasteiger partial charge in [0.05, 0.1) is 24.8 Å². The lowest BCUT2D eigenvalue weighted by molar-refractivity contribution is -0.123. The van der Waals surface area contributed by atoms with E-state index in [9.17, 15) is 4.79 Å². The minimum Gasteiger partial charge on any atom is -0.496 e. The number of anilines is 1. The standard InChI is InChI=1S/C18H20N4O2/c1-24-16-7-3-2-5-12(16)14-8-9-19-18(21-14)22-10-4-6-13-15(22)11-20-17(13)23/h2-3,5,7-9,13,15H,4,6,10-11H2,1H3,(H,20,23)/t13-,15-/m1/s1. The van der Waals surface area contributed by atoms with Gasteiger partial charge in [-0.05, 0) is 31.0 Å². The highest BCUT2D eigenvalue weighted by atomic mass is 16.5. The van der Waals surface area contributed by atoms with Gasteiger partial charge in [0.25, 0.3) is 0 Å². The van der Waals surface area contributed by atoms with Crippen molar-refractivity contribution in [2.45, 2.75) is 18.9 Å². The summed E-state index contributed by atoms with van der Waals surface area (Å²) in [5.74, 6) is 1.68. The van der Waals surface area contributed by atoms with Gasteiger partial charge in [-0.3, -0.25) is 4.79 Å². The lowest BCUT2D eigenvalue weighted by Crippen LogP contribution is -2.46. The number of hydrogen-bond acceptors (Lipinski definition) is 5. The Morgan fingerprint density at radius 3 is 3.04 bits per heavy atom. The fourth-order valence-electron chi connectivity index (χ4n) is 3.69. The Hall–Kier alpha value is -2.63. The molecule has 0 aliphatic carbocycles. The van der Waals surface area contributed by atoms with Gasteiger partial charge < -0.3 is 15.0 Å². The number of rotatable bonds is 3. The van der Waals surface area contributed by atoms with Gasteiger partial charge in [0.15, 0.2) is 0 Å². The lowest BCUT2D eigenvalue weighted by Gasteiger charge is -2.35. The third kappa shape index (κ3) is 2.48. The number of ether oxygens (including phenoxy) is 1. The predicted octanol–water partition coefficient (Wildman–Crippen LogP) is 1.87. The average Bonchev–Trinajstić information content (AvgIpc) is 3.03. The lowest BCUT2D eigenvalue weighted by atomic mass is 9.92. The van der Waals surface area contributed by atoms with Gasteiger partial charge in [0.2, 0.25) is 11.9 Å². The van der Waals surface area contributed by atoms with Gasteiger partial charge in [0.1, 0.15) is 5.75 Å². The van der Waals surface area contributed by atoms with Crippen molar-refractivity contribution < 1.29 is 9.53 Å². The Kier molecular flexibility index (Phi) is 3.80. The number of aromatic nitrogens is 2. The SMILES string of the molecule is COc1ccccc1-c1ccnc(N2CCC[C@H]3C(=O)NC[C@H]32)n1. The molecule has 1 aromatic heterocycles. The van der Waals surface area contributed by atoms with Crippen LogP contribution in [0.25, 0.3) is 11.3 Å². The van der Waals surface area contributed by atoms with Gasteiger partial charge in [0, 0.05) is 24.8 Å². The van der Waals surface area contributed by atoms with Crippen LogP contribution in [-0.4, -0.2) is 42.1 Å². The van der Waals surface area contributed by atoms with Crippen molar-refractivity contribution in [3.05, 3.63) is 36.5 Å². The zero-order valence-corrected chi connectivity index (χ0v) is 13.6. The molecule has 2 fully saturated rings. The highest BCUT2D eigenvalue weighted by Crippen LogP contribution is 2.32. The first-order valence-corrected chi connectivity index (χ1v) is 8.28. The van der Waals surface area contributed by atoms with Gasteiger partial charge in [-0.15, -0.1) is 0 Å². The van der Waals surface area contributed by atoms with E-state index in [-0.39, 0.29) is 17.9 Å². The summed E-state index contributed by atoms with van der Waals surface area (Å²) < 4.78 is 5.44. The third-order valence-corrected chi connectivity index (χ3v) is 4.88. The molecule has 1 N–H and O–H groups in total. The van der Waals surface area contributed by atoms with E-state index < -0.39 is 0 Å². The topological polar surface area (TPSA) is 67.3 Å². The second kappa shape index (κ2) is 6.11. The van der Waals surface area contributed by atoms with Crippen molar-refractivity contribution in [1.29, 1.82) is 0 Å². The van der Waals surface area contributed by atoms with E-state index in [0.717, 1.165) is 36.4 Å². The molecule has 2 saturated heterocycles. The van der Waals surface area contributed by atoms with Gasteiger partial charge in [-0.2, -0.15) is 0 Å². The van der Waals surface area contributed by atoms with Crippen LogP contribution >= 0.6 is 0 Å². The smallest absolute Gasteiger partial charge is 0.226 e. The number of fused-ring (bicyclic) bond motifs is 1. The summed E-state index contributed by atoms with van der Waals surface area (Å²) in [4.78, 5) is 23.4. The van der Waals surface area contributed by atoms with Crippen LogP contribution in [-0.2, 0) is 4.79 Å². The van der Waals surface area contributed by atoms with Crippen LogP contribution in [0.4, 0.5) is 5.95 Å². The number of amides is 1. The first-order valence-electron chi connectivity index (χ1n) is 8.28. The zero-order chi connectivity index (χ0) is 16.5. The molecule has 1 aromatic carbocycles. The fraction of sp³-hybridized carbons (Fsp3) is 0.389. The van der Waals surface area contributed by atoms with Crippen molar-refractivity contribution in [3.8, 4) is 17.0 Å². The summed E-state index contributed by atoms with van der Waals surface area (Å²) in [5.41, 5.74) is 1.77. The molecular weight excluding hydrogens is 304 g/mol.